The number of rotatable bonds is 5. The highest BCUT2D eigenvalue weighted by atomic mass is 16.5. The average molecular weight is 475 g/mol. The highest BCUT2D eigenvalue weighted by Crippen LogP contribution is 2.29. The quantitative estimate of drug-likeness (QED) is 0.408. The molecule has 0 aliphatic carbocycles. The molecular formula is C25H30N8O2. The molecule has 0 radical (unpaired) electrons. The number of anilines is 1. The summed E-state index contributed by atoms with van der Waals surface area (Å²) in [7, 11) is 2.12. The van der Waals surface area contributed by atoms with Gasteiger partial charge in [-0.05, 0) is 63.5 Å². The zero-order chi connectivity index (χ0) is 23.8. The molecule has 0 bridgehead atoms. The standard InChI is InChI=1S/C25H30N8O2/c1-32-7-3-17(4-8-32)29-24(34)21-15-28-33-9-2-16(12-22(21)33)19-13-26-23-20(19)14-27-25(31-23)30-18-5-10-35-11-6-18/h2,9,12-15,17-18H,3-8,10-11H2,1H3,(H,29,34)(H2,26,27,30,31). The molecule has 1 amide bonds. The maximum Gasteiger partial charge on any atom is 0.255 e. The van der Waals surface area contributed by atoms with Gasteiger partial charge in [-0.3, -0.25) is 4.79 Å². The van der Waals surface area contributed by atoms with Gasteiger partial charge in [-0.15, -0.1) is 0 Å². The lowest BCUT2D eigenvalue weighted by Crippen LogP contribution is -2.43. The van der Waals surface area contributed by atoms with Gasteiger partial charge in [0.25, 0.3) is 5.91 Å². The molecule has 3 N–H and O–H groups in total. The first kappa shape index (κ1) is 22.0. The van der Waals surface area contributed by atoms with Crippen LogP contribution in [0.15, 0.2) is 36.9 Å². The van der Waals surface area contributed by atoms with Crippen molar-refractivity contribution in [1.29, 1.82) is 0 Å². The van der Waals surface area contributed by atoms with Gasteiger partial charge >= 0.3 is 0 Å². The van der Waals surface area contributed by atoms with Gasteiger partial charge in [0.15, 0.2) is 0 Å². The number of likely N-dealkylation sites (tertiary alicyclic amines) is 1. The van der Waals surface area contributed by atoms with Gasteiger partial charge in [-0.1, -0.05) is 0 Å². The molecule has 2 aliphatic rings. The maximum atomic E-state index is 13.1. The fourth-order valence-corrected chi connectivity index (χ4v) is 4.98. The van der Waals surface area contributed by atoms with E-state index in [2.05, 4.69) is 42.6 Å². The fraction of sp³-hybridized carbons (Fsp3) is 0.440. The summed E-state index contributed by atoms with van der Waals surface area (Å²) in [6.07, 6.45) is 11.2. The van der Waals surface area contributed by atoms with Crippen molar-refractivity contribution in [2.45, 2.75) is 37.8 Å². The Morgan fingerprint density at radius 1 is 1.14 bits per heavy atom. The Bertz CT molecular complexity index is 1350. The van der Waals surface area contributed by atoms with Crippen molar-refractivity contribution < 1.29 is 9.53 Å². The summed E-state index contributed by atoms with van der Waals surface area (Å²) < 4.78 is 7.17. The van der Waals surface area contributed by atoms with E-state index in [0.29, 0.717) is 17.6 Å². The van der Waals surface area contributed by atoms with Crippen LogP contribution < -0.4 is 10.6 Å². The third-order valence-electron chi connectivity index (χ3n) is 7.12. The van der Waals surface area contributed by atoms with Crippen LogP contribution in [0.1, 0.15) is 36.0 Å². The number of hydrogen-bond acceptors (Lipinski definition) is 7. The van der Waals surface area contributed by atoms with Gasteiger partial charge in [-0.2, -0.15) is 10.1 Å². The topological polar surface area (TPSA) is 112 Å². The molecule has 4 aromatic heterocycles. The molecular weight excluding hydrogens is 444 g/mol. The number of nitrogens with zero attached hydrogens (tertiary/aromatic N) is 5. The predicted octanol–water partition coefficient (Wildman–Crippen LogP) is 2.69. The smallest absolute Gasteiger partial charge is 0.255 e. The van der Waals surface area contributed by atoms with Gasteiger partial charge < -0.3 is 25.3 Å². The van der Waals surface area contributed by atoms with Crippen molar-refractivity contribution >= 4 is 28.4 Å². The minimum Gasteiger partial charge on any atom is -0.381 e. The Kier molecular flexibility index (Phi) is 5.83. The Labute approximate surface area is 203 Å². The number of piperidine rings is 1. The monoisotopic (exact) mass is 474 g/mol. The Morgan fingerprint density at radius 2 is 1.97 bits per heavy atom. The lowest BCUT2D eigenvalue weighted by molar-refractivity contribution is 0.0902. The molecule has 0 saturated carbocycles. The number of carbonyl (C=O) groups excluding carboxylic acids is 1. The minimum atomic E-state index is -0.0715. The first-order valence-corrected chi connectivity index (χ1v) is 12.3. The molecule has 2 aliphatic heterocycles. The van der Waals surface area contributed by atoms with Crippen LogP contribution in [0.2, 0.25) is 0 Å². The number of H-pyrrole nitrogens is 1. The Balaban J connectivity index is 1.25. The van der Waals surface area contributed by atoms with Crippen LogP contribution in [-0.4, -0.2) is 80.8 Å². The summed E-state index contributed by atoms with van der Waals surface area (Å²) in [6, 6.07) is 4.54. The van der Waals surface area contributed by atoms with Crippen LogP contribution in [0.4, 0.5) is 5.95 Å². The molecule has 182 valence electrons. The number of fused-ring (bicyclic) bond motifs is 2. The summed E-state index contributed by atoms with van der Waals surface area (Å²) >= 11 is 0. The highest BCUT2D eigenvalue weighted by Gasteiger charge is 2.22. The van der Waals surface area contributed by atoms with Crippen molar-refractivity contribution in [3.8, 4) is 11.1 Å². The van der Waals surface area contributed by atoms with Crippen LogP contribution in [0.5, 0.6) is 0 Å². The first-order valence-electron chi connectivity index (χ1n) is 12.3. The lowest BCUT2D eigenvalue weighted by Gasteiger charge is -2.29. The number of ether oxygens (including phenoxy) is 1. The second kappa shape index (κ2) is 9.27. The van der Waals surface area contributed by atoms with Crippen molar-refractivity contribution in [2.24, 2.45) is 0 Å². The molecule has 35 heavy (non-hydrogen) atoms. The normalized spacial score (nSPS) is 18.3. The van der Waals surface area contributed by atoms with Gasteiger partial charge in [0.1, 0.15) is 5.65 Å². The van der Waals surface area contributed by atoms with E-state index in [9.17, 15) is 4.79 Å². The van der Waals surface area contributed by atoms with Crippen molar-refractivity contribution in [1.82, 2.24) is 34.8 Å². The van der Waals surface area contributed by atoms with Crippen LogP contribution in [0, 0.1) is 0 Å². The highest BCUT2D eigenvalue weighted by molar-refractivity contribution is 6.02. The summed E-state index contributed by atoms with van der Waals surface area (Å²) in [5, 5.41) is 11.9. The number of amides is 1. The zero-order valence-electron chi connectivity index (χ0n) is 19.8. The third-order valence-corrected chi connectivity index (χ3v) is 7.12. The van der Waals surface area contributed by atoms with Crippen molar-refractivity contribution in [2.75, 3.05) is 38.7 Å². The maximum absolute atomic E-state index is 13.1. The van der Waals surface area contributed by atoms with Gasteiger partial charge in [0.2, 0.25) is 5.95 Å². The number of pyridine rings is 1. The van der Waals surface area contributed by atoms with Gasteiger partial charge in [-0.25, -0.2) is 9.50 Å². The Hall–Kier alpha value is -3.50. The van der Waals surface area contributed by atoms with E-state index < -0.39 is 0 Å². The van der Waals surface area contributed by atoms with E-state index in [1.807, 2.05) is 30.7 Å². The van der Waals surface area contributed by atoms with Crippen molar-refractivity contribution in [3.63, 3.8) is 0 Å². The number of aromatic nitrogens is 5. The van der Waals surface area contributed by atoms with Crippen LogP contribution in [0.3, 0.4) is 0 Å². The van der Waals surface area contributed by atoms with E-state index in [0.717, 1.165) is 79.7 Å². The molecule has 6 heterocycles. The SMILES string of the molecule is CN1CCC(NC(=O)c2cnn3ccc(-c4c[nH]c5nc(NC6CCOCC6)ncc45)cc23)CC1. The van der Waals surface area contributed by atoms with Crippen molar-refractivity contribution in [3.05, 3.63) is 42.5 Å². The molecule has 10 nitrogen and oxygen atoms in total. The molecule has 2 fully saturated rings. The van der Waals surface area contributed by atoms with E-state index >= 15 is 0 Å². The van der Waals surface area contributed by atoms with Crippen LogP contribution in [-0.2, 0) is 4.74 Å². The van der Waals surface area contributed by atoms with Gasteiger partial charge in [0, 0.05) is 54.8 Å². The van der Waals surface area contributed by atoms with Crippen LogP contribution in [0.25, 0.3) is 27.7 Å². The number of nitrogens with one attached hydrogen (secondary N) is 3. The second-order valence-corrected chi connectivity index (χ2v) is 9.54. The lowest BCUT2D eigenvalue weighted by atomic mass is 10.0. The van der Waals surface area contributed by atoms with E-state index in [-0.39, 0.29) is 11.9 Å². The van der Waals surface area contributed by atoms with Crippen LogP contribution >= 0.6 is 0 Å². The molecule has 6 rings (SSSR count). The predicted molar refractivity (Wildman–Crippen MR) is 134 cm³/mol. The Morgan fingerprint density at radius 3 is 2.80 bits per heavy atom. The average Bonchev–Trinajstić information content (AvgIpc) is 3.49. The summed E-state index contributed by atoms with van der Waals surface area (Å²) in [4.78, 5) is 27.9. The number of aromatic amines is 1. The molecule has 0 unspecified atom stereocenters. The fourth-order valence-electron chi connectivity index (χ4n) is 4.98. The van der Waals surface area contributed by atoms with Gasteiger partial charge in [0.05, 0.1) is 17.3 Å². The van der Waals surface area contributed by atoms with E-state index in [4.69, 9.17) is 4.74 Å². The summed E-state index contributed by atoms with van der Waals surface area (Å²) in [5.41, 5.74) is 4.11. The zero-order valence-corrected chi connectivity index (χ0v) is 19.8. The van der Waals surface area contributed by atoms with E-state index in [1.54, 1.807) is 10.7 Å². The number of carbonyl (C=O) groups is 1. The molecule has 0 atom stereocenters. The molecule has 2 saturated heterocycles. The summed E-state index contributed by atoms with van der Waals surface area (Å²) in [5.74, 6) is 0.551. The second-order valence-electron chi connectivity index (χ2n) is 9.54. The third kappa shape index (κ3) is 4.46. The number of hydrogen-bond donors (Lipinski definition) is 3. The molecule has 4 aromatic rings. The minimum absolute atomic E-state index is 0.0715. The molecule has 10 heteroatoms. The molecule has 0 aromatic carbocycles. The largest absolute Gasteiger partial charge is 0.381 e. The first-order chi connectivity index (χ1) is 17.1. The van der Waals surface area contributed by atoms with E-state index in [1.165, 1.54) is 0 Å². The summed E-state index contributed by atoms with van der Waals surface area (Å²) in [6.45, 7) is 3.53. The molecule has 0 spiro atoms.